The van der Waals surface area contributed by atoms with E-state index in [0.717, 1.165) is 0 Å². The van der Waals surface area contributed by atoms with Crippen LogP contribution in [0.25, 0.3) is 0 Å². The number of aliphatic hydroxyl groups excluding tert-OH is 1. The molecule has 48 valence electrons. The standard InChI is InChI=1S/C5H10INO/c1-7(3-2-6)4-5-8/h2-3,8H,4-5H2,1H3/b3-2-. The highest BCUT2D eigenvalue weighted by Gasteiger charge is 1.83. The van der Waals surface area contributed by atoms with Crippen molar-refractivity contribution in [3.63, 3.8) is 0 Å². The quantitative estimate of drug-likeness (QED) is 0.721. The van der Waals surface area contributed by atoms with Crippen LogP contribution in [0.2, 0.25) is 0 Å². The summed E-state index contributed by atoms with van der Waals surface area (Å²) in [6, 6.07) is 0. The predicted molar refractivity (Wildman–Crippen MR) is 42.9 cm³/mol. The van der Waals surface area contributed by atoms with Gasteiger partial charge in [-0.2, -0.15) is 0 Å². The molecule has 0 radical (unpaired) electrons. The molecule has 8 heavy (non-hydrogen) atoms. The second-order valence-electron chi connectivity index (χ2n) is 1.48. The van der Waals surface area contributed by atoms with Gasteiger partial charge in [-0.25, -0.2) is 0 Å². The lowest BCUT2D eigenvalue weighted by atomic mass is 10.6. The third-order valence-corrected chi connectivity index (χ3v) is 1.09. The summed E-state index contributed by atoms with van der Waals surface area (Å²) in [7, 11) is 1.92. The molecule has 0 aliphatic carbocycles. The molecule has 0 unspecified atom stereocenters. The van der Waals surface area contributed by atoms with E-state index in [0.29, 0.717) is 6.54 Å². The molecule has 3 heteroatoms. The summed E-state index contributed by atoms with van der Waals surface area (Å²) in [6.45, 7) is 0.928. The monoisotopic (exact) mass is 227 g/mol. The Morgan fingerprint density at radius 2 is 2.38 bits per heavy atom. The van der Waals surface area contributed by atoms with E-state index >= 15 is 0 Å². The lowest BCUT2D eigenvalue weighted by Crippen LogP contribution is -2.14. The summed E-state index contributed by atoms with van der Waals surface area (Å²) in [4.78, 5) is 1.92. The van der Waals surface area contributed by atoms with E-state index in [4.69, 9.17) is 5.11 Å². The van der Waals surface area contributed by atoms with Crippen molar-refractivity contribution in [1.82, 2.24) is 4.90 Å². The summed E-state index contributed by atoms with van der Waals surface area (Å²) in [5.41, 5.74) is 0. The fourth-order valence-electron chi connectivity index (χ4n) is 0.328. The largest absolute Gasteiger partial charge is 0.395 e. The van der Waals surface area contributed by atoms with Crippen molar-refractivity contribution < 1.29 is 5.11 Å². The molecule has 0 rings (SSSR count). The predicted octanol–water partition coefficient (Wildman–Crippen LogP) is 0.817. The zero-order chi connectivity index (χ0) is 6.41. The molecule has 0 heterocycles. The van der Waals surface area contributed by atoms with E-state index < -0.39 is 0 Å². The first-order valence-corrected chi connectivity index (χ1v) is 3.64. The number of hydrogen-bond donors (Lipinski definition) is 1. The van der Waals surface area contributed by atoms with Crippen LogP contribution in [0.5, 0.6) is 0 Å². The van der Waals surface area contributed by atoms with Gasteiger partial charge in [-0.1, -0.05) is 22.6 Å². The molecule has 0 saturated carbocycles. The van der Waals surface area contributed by atoms with Crippen molar-refractivity contribution in [2.45, 2.75) is 0 Å². The van der Waals surface area contributed by atoms with Gasteiger partial charge in [0.25, 0.3) is 0 Å². The Hall–Kier alpha value is 0.230. The molecule has 2 nitrogen and oxygen atoms in total. The Labute approximate surface area is 63.3 Å². The maximum Gasteiger partial charge on any atom is 0.0606 e. The van der Waals surface area contributed by atoms with Gasteiger partial charge in [-0.15, -0.1) is 0 Å². The smallest absolute Gasteiger partial charge is 0.0606 e. The summed E-state index contributed by atoms with van der Waals surface area (Å²) < 4.78 is 1.91. The third kappa shape index (κ3) is 4.39. The van der Waals surface area contributed by atoms with E-state index in [2.05, 4.69) is 22.6 Å². The van der Waals surface area contributed by atoms with Gasteiger partial charge in [0.1, 0.15) is 0 Å². The number of likely N-dealkylation sites (N-methyl/N-ethyl adjacent to an activating group) is 1. The molecule has 0 spiro atoms. The van der Waals surface area contributed by atoms with Crippen molar-refractivity contribution in [3.8, 4) is 0 Å². The molecule has 0 aliphatic heterocycles. The highest BCUT2D eigenvalue weighted by Crippen LogP contribution is 1.87. The van der Waals surface area contributed by atoms with Crippen molar-refractivity contribution in [1.29, 1.82) is 0 Å². The molecule has 0 bridgehead atoms. The van der Waals surface area contributed by atoms with Crippen LogP contribution in [-0.2, 0) is 0 Å². The average molecular weight is 227 g/mol. The molecule has 0 aromatic heterocycles. The minimum atomic E-state index is 0.220. The van der Waals surface area contributed by atoms with Crippen LogP contribution in [0, 0.1) is 0 Å². The van der Waals surface area contributed by atoms with Gasteiger partial charge in [-0.05, 0) is 4.08 Å². The number of rotatable bonds is 3. The molecular formula is C5H10INO. The van der Waals surface area contributed by atoms with Gasteiger partial charge < -0.3 is 10.0 Å². The Morgan fingerprint density at radius 3 is 2.75 bits per heavy atom. The lowest BCUT2D eigenvalue weighted by molar-refractivity contribution is 0.254. The minimum Gasteiger partial charge on any atom is -0.395 e. The fourth-order valence-corrected chi connectivity index (χ4v) is 0.877. The van der Waals surface area contributed by atoms with Gasteiger partial charge in [0.05, 0.1) is 6.61 Å². The maximum atomic E-state index is 8.39. The fraction of sp³-hybridized carbons (Fsp3) is 0.600. The van der Waals surface area contributed by atoms with E-state index in [-0.39, 0.29) is 6.61 Å². The second-order valence-corrected chi connectivity index (χ2v) is 2.20. The van der Waals surface area contributed by atoms with Gasteiger partial charge in [0.15, 0.2) is 0 Å². The van der Waals surface area contributed by atoms with E-state index in [1.165, 1.54) is 0 Å². The van der Waals surface area contributed by atoms with E-state index in [9.17, 15) is 0 Å². The minimum absolute atomic E-state index is 0.220. The molecule has 0 aliphatic rings. The first-order chi connectivity index (χ1) is 3.81. The number of nitrogens with zero attached hydrogens (tertiary/aromatic N) is 1. The maximum absolute atomic E-state index is 8.39. The second kappa shape index (κ2) is 5.37. The van der Waals surface area contributed by atoms with E-state index in [1.54, 1.807) is 0 Å². The number of halogens is 1. The van der Waals surface area contributed by atoms with Crippen LogP contribution >= 0.6 is 22.6 Å². The SMILES string of the molecule is CN(/C=C\I)CCO. The summed E-state index contributed by atoms with van der Waals surface area (Å²) in [6.07, 6.45) is 1.91. The highest BCUT2D eigenvalue weighted by atomic mass is 127. The summed E-state index contributed by atoms with van der Waals surface area (Å²) in [5, 5.41) is 8.39. The van der Waals surface area contributed by atoms with Crippen LogP contribution in [0.1, 0.15) is 0 Å². The molecule has 0 amide bonds. The Balaban J connectivity index is 3.17. The molecule has 0 saturated heterocycles. The van der Waals surface area contributed by atoms with Crippen LogP contribution < -0.4 is 0 Å². The van der Waals surface area contributed by atoms with Crippen LogP contribution in [0.15, 0.2) is 10.3 Å². The molecule has 0 aromatic rings. The lowest BCUT2D eigenvalue weighted by Gasteiger charge is -2.09. The zero-order valence-electron chi connectivity index (χ0n) is 4.84. The van der Waals surface area contributed by atoms with Crippen LogP contribution in [-0.4, -0.2) is 30.2 Å². The van der Waals surface area contributed by atoms with E-state index in [1.807, 2.05) is 22.2 Å². The van der Waals surface area contributed by atoms with Gasteiger partial charge in [0.2, 0.25) is 0 Å². The molecule has 0 fully saturated rings. The molecule has 0 atom stereocenters. The van der Waals surface area contributed by atoms with Crippen molar-refractivity contribution in [3.05, 3.63) is 10.3 Å². The third-order valence-electron chi connectivity index (χ3n) is 0.764. The Kier molecular flexibility index (Phi) is 5.52. The number of hydrogen-bond acceptors (Lipinski definition) is 2. The summed E-state index contributed by atoms with van der Waals surface area (Å²) >= 11 is 2.14. The first-order valence-electron chi connectivity index (χ1n) is 2.39. The Morgan fingerprint density at radius 1 is 1.75 bits per heavy atom. The van der Waals surface area contributed by atoms with Crippen LogP contribution in [0.3, 0.4) is 0 Å². The molecule has 0 aromatic carbocycles. The Bertz CT molecular complexity index is 74.8. The molecular weight excluding hydrogens is 217 g/mol. The van der Waals surface area contributed by atoms with Crippen molar-refractivity contribution in [2.24, 2.45) is 0 Å². The van der Waals surface area contributed by atoms with Gasteiger partial charge in [-0.3, -0.25) is 0 Å². The zero-order valence-corrected chi connectivity index (χ0v) is 7.00. The normalized spacial score (nSPS) is 10.4. The van der Waals surface area contributed by atoms with Gasteiger partial charge >= 0.3 is 0 Å². The topological polar surface area (TPSA) is 23.5 Å². The highest BCUT2D eigenvalue weighted by molar-refractivity contribution is 14.1. The first kappa shape index (κ1) is 8.23. The van der Waals surface area contributed by atoms with Gasteiger partial charge in [0, 0.05) is 19.8 Å². The molecule has 1 N–H and O–H groups in total. The van der Waals surface area contributed by atoms with Crippen molar-refractivity contribution in [2.75, 3.05) is 20.2 Å². The summed E-state index contributed by atoms with van der Waals surface area (Å²) in [5.74, 6) is 0. The van der Waals surface area contributed by atoms with Crippen molar-refractivity contribution >= 4 is 22.6 Å². The average Bonchev–Trinajstić information content (AvgIpc) is 1.68. The van der Waals surface area contributed by atoms with Crippen LogP contribution in [0.4, 0.5) is 0 Å². The number of aliphatic hydroxyl groups is 1.